The van der Waals surface area contributed by atoms with Gasteiger partial charge in [0.2, 0.25) is 5.88 Å². The average molecular weight is 274 g/mol. The predicted molar refractivity (Wildman–Crippen MR) is 79.0 cm³/mol. The molecule has 20 heavy (non-hydrogen) atoms. The molecule has 108 valence electrons. The second kappa shape index (κ2) is 6.52. The molecule has 2 rings (SSSR count). The van der Waals surface area contributed by atoms with Gasteiger partial charge >= 0.3 is 0 Å². The van der Waals surface area contributed by atoms with Crippen LogP contribution in [0, 0.1) is 0 Å². The largest absolute Gasteiger partial charge is 0.436 e. The second-order valence-electron chi connectivity index (χ2n) is 5.13. The van der Waals surface area contributed by atoms with Crippen molar-refractivity contribution in [1.82, 2.24) is 20.1 Å². The van der Waals surface area contributed by atoms with Crippen molar-refractivity contribution in [2.75, 3.05) is 6.54 Å². The summed E-state index contributed by atoms with van der Waals surface area (Å²) in [7, 11) is 1.86. The fraction of sp³-hybridized carbons (Fsp3) is 0.467. The van der Waals surface area contributed by atoms with Gasteiger partial charge < -0.3 is 10.1 Å². The molecular weight excluding hydrogens is 252 g/mol. The van der Waals surface area contributed by atoms with Crippen molar-refractivity contribution in [3.63, 3.8) is 0 Å². The summed E-state index contributed by atoms with van der Waals surface area (Å²) in [5, 5.41) is 7.42. The fourth-order valence-corrected chi connectivity index (χ4v) is 1.87. The molecule has 0 aliphatic heterocycles. The average Bonchev–Trinajstić information content (AvgIpc) is 2.81. The number of hydrogen-bond donors (Lipinski definition) is 1. The second-order valence-corrected chi connectivity index (χ2v) is 5.13. The molecular formula is C15H22N4O. The van der Waals surface area contributed by atoms with Crippen LogP contribution in [0.3, 0.4) is 0 Å². The lowest BCUT2D eigenvalue weighted by atomic mass is 10.1. The Kier molecular flexibility index (Phi) is 4.74. The van der Waals surface area contributed by atoms with Gasteiger partial charge in [0.15, 0.2) is 5.75 Å². The van der Waals surface area contributed by atoms with E-state index in [0.717, 1.165) is 18.8 Å². The Balaban J connectivity index is 2.23. The van der Waals surface area contributed by atoms with Crippen molar-refractivity contribution in [2.24, 2.45) is 7.05 Å². The van der Waals surface area contributed by atoms with Gasteiger partial charge in [-0.15, -0.1) is 0 Å². The topological polar surface area (TPSA) is 52.0 Å². The van der Waals surface area contributed by atoms with Crippen molar-refractivity contribution in [1.29, 1.82) is 0 Å². The summed E-state index contributed by atoms with van der Waals surface area (Å²) < 4.78 is 7.50. The molecule has 2 aromatic heterocycles. The first-order valence-corrected chi connectivity index (χ1v) is 6.96. The summed E-state index contributed by atoms with van der Waals surface area (Å²) in [6, 6.07) is 4.10. The molecule has 0 spiro atoms. The Bertz CT molecular complexity index is 563. The van der Waals surface area contributed by atoms with E-state index in [9.17, 15) is 0 Å². The molecule has 0 aliphatic carbocycles. The third kappa shape index (κ3) is 3.81. The Morgan fingerprint density at radius 1 is 1.35 bits per heavy atom. The van der Waals surface area contributed by atoms with Crippen molar-refractivity contribution in [3.05, 3.63) is 35.8 Å². The third-order valence-electron chi connectivity index (χ3n) is 2.96. The number of ether oxygens (including phenoxy) is 1. The van der Waals surface area contributed by atoms with E-state index in [1.165, 1.54) is 5.56 Å². The van der Waals surface area contributed by atoms with Crippen LogP contribution in [0.15, 0.2) is 24.5 Å². The Labute approximate surface area is 120 Å². The van der Waals surface area contributed by atoms with Crippen molar-refractivity contribution in [3.8, 4) is 11.6 Å². The molecule has 5 nitrogen and oxygen atoms in total. The molecule has 0 bridgehead atoms. The molecule has 5 heteroatoms. The third-order valence-corrected chi connectivity index (χ3v) is 2.96. The number of pyridine rings is 1. The number of aryl methyl sites for hydroxylation is 1. The van der Waals surface area contributed by atoms with Gasteiger partial charge in [0.25, 0.3) is 0 Å². The van der Waals surface area contributed by atoms with Crippen LogP contribution < -0.4 is 10.1 Å². The molecule has 0 unspecified atom stereocenters. The van der Waals surface area contributed by atoms with Crippen LogP contribution in [-0.2, 0) is 13.6 Å². The lowest BCUT2D eigenvalue weighted by Crippen LogP contribution is -2.12. The van der Waals surface area contributed by atoms with E-state index in [2.05, 4.69) is 42.2 Å². The van der Waals surface area contributed by atoms with Crippen LogP contribution in [0.2, 0.25) is 0 Å². The molecule has 0 atom stereocenters. The van der Waals surface area contributed by atoms with Gasteiger partial charge in [-0.05, 0) is 24.1 Å². The molecule has 2 heterocycles. The summed E-state index contributed by atoms with van der Waals surface area (Å²) in [5.74, 6) is 1.69. The number of hydrogen-bond acceptors (Lipinski definition) is 4. The van der Waals surface area contributed by atoms with Crippen LogP contribution in [-0.4, -0.2) is 21.3 Å². The Morgan fingerprint density at radius 3 is 2.75 bits per heavy atom. The van der Waals surface area contributed by atoms with E-state index in [0.29, 0.717) is 17.5 Å². The highest BCUT2D eigenvalue weighted by molar-refractivity contribution is 5.29. The molecule has 2 aromatic rings. The lowest BCUT2D eigenvalue weighted by molar-refractivity contribution is 0.457. The van der Waals surface area contributed by atoms with Gasteiger partial charge in [0.1, 0.15) is 0 Å². The lowest BCUT2D eigenvalue weighted by Gasteiger charge is -2.11. The maximum absolute atomic E-state index is 5.79. The van der Waals surface area contributed by atoms with Crippen molar-refractivity contribution < 1.29 is 4.74 Å². The summed E-state index contributed by atoms with van der Waals surface area (Å²) >= 11 is 0. The van der Waals surface area contributed by atoms with E-state index in [1.807, 2.05) is 19.3 Å². The first kappa shape index (κ1) is 14.5. The van der Waals surface area contributed by atoms with Gasteiger partial charge in [0.05, 0.1) is 12.4 Å². The standard InChI is InChI=1S/C15H22N4O/c1-5-16-8-12-6-14(11(2)3)18-15(7-12)20-13-9-17-19(4)10-13/h6-7,9-11,16H,5,8H2,1-4H3. The van der Waals surface area contributed by atoms with Crippen molar-refractivity contribution >= 4 is 0 Å². The van der Waals surface area contributed by atoms with Gasteiger partial charge in [-0.3, -0.25) is 4.68 Å². The van der Waals surface area contributed by atoms with Crippen LogP contribution in [0.5, 0.6) is 11.6 Å². The molecule has 1 N–H and O–H groups in total. The van der Waals surface area contributed by atoms with Crippen LogP contribution in [0.25, 0.3) is 0 Å². The quantitative estimate of drug-likeness (QED) is 0.880. The van der Waals surface area contributed by atoms with Gasteiger partial charge in [0, 0.05) is 25.4 Å². The first-order valence-electron chi connectivity index (χ1n) is 6.96. The highest BCUT2D eigenvalue weighted by Crippen LogP contribution is 2.23. The summed E-state index contributed by atoms with van der Waals surface area (Å²) in [6.07, 6.45) is 3.52. The number of nitrogens with zero attached hydrogens (tertiary/aromatic N) is 3. The minimum atomic E-state index is 0.368. The number of rotatable bonds is 6. The maximum atomic E-state index is 5.79. The SMILES string of the molecule is CCNCc1cc(Oc2cnn(C)c2)nc(C(C)C)c1. The molecule has 0 saturated carbocycles. The number of nitrogens with one attached hydrogen (secondary N) is 1. The van der Waals surface area contributed by atoms with E-state index >= 15 is 0 Å². The van der Waals surface area contributed by atoms with Crippen LogP contribution in [0.1, 0.15) is 37.9 Å². The first-order chi connectivity index (χ1) is 9.58. The zero-order chi connectivity index (χ0) is 14.5. The Morgan fingerprint density at radius 2 is 2.15 bits per heavy atom. The van der Waals surface area contributed by atoms with Gasteiger partial charge in [-0.2, -0.15) is 5.10 Å². The normalized spacial score (nSPS) is 11.1. The zero-order valence-corrected chi connectivity index (χ0v) is 12.6. The van der Waals surface area contributed by atoms with Crippen LogP contribution >= 0.6 is 0 Å². The minimum absolute atomic E-state index is 0.368. The maximum Gasteiger partial charge on any atom is 0.219 e. The summed E-state index contributed by atoms with van der Waals surface area (Å²) in [6.45, 7) is 8.12. The monoisotopic (exact) mass is 274 g/mol. The summed E-state index contributed by atoms with van der Waals surface area (Å²) in [5.41, 5.74) is 2.23. The van der Waals surface area contributed by atoms with Crippen molar-refractivity contribution in [2.45, 2.75) is 33.2 Å². The predicted octanol–water partition coefficient (Wildman–Crippen LogP) is 2.84. The molecule has 0 aromatic carbocycles. The smallest absolute Gasteiger partial charge is 0.219 e. The van der Waals surface area contributed by atoms with E-state index in [1.54, 1.807) is 10.9 Å². The molecule has 0 saturated heterocycles. The molecule has 0 radical (unpaired) electrons. The highest BCUT2D eigenvalue weighted by Gasteiger charge is 2.08. The molecule has 0 amide bonds. The van der Waals surface area contributed by atoms with E-state index in [4.69, 9.17) is 4.74 Å². The minimum Gasteiger partial charge on any atom is -0.436 e. The van der Waals surface area contributed by atoms with E-state index in [-0.39, 0.29) is 0 Å². The van der Waals surface area contributed by atoms with Gasteiger partial charge in [-0.25, -0.2) is 4.98 Å². The fourth-order valence-electron chi connectivity index (χ4n) is 1.87. The molecule has 0 fully saturated rings. The highest BCUT2D eigenvalue weighted by atomic mass is 16.5. The van der Waals surface area contributed by atoms with E-state index < -0.39 is 0 Å². The summed E-state index contributed by atoms with van der Waals surface area (Å²) in [4.78, 5) is 4.56. The number of aromatic nitrogens is 3. The molecule has 0 aliphatic rings. The zero-order valence-electron chi connectivity index (χ0n) is 12.6. The van der Waals surface area contributed by atoms with Gasteiger partial charge in [-0.1, -0.05) is 20.8 Å². The van der Waals surface area contributed by atoms with Crippen LogP contribution in [0.4, 0.5) is 0 Å². The Hall–Kier alpha value is -1.88.